The number of aromatic nitrogens is 2. The first kappa shape index (κ1) is 16.2. The molecule has 1 fully saturated rings. The first-order chi connectivity index (χ1) is 11.6. The standard InChI is InChI=1S/C17H20N4O3/c22-14-9-13(19-10-15(14)23)11-21-7-4-12(5-8-21)17(24)20-16-3-1-2-6-18-16/h1-3,6,9-10,12,23H,4-5,7-8,11H2,(H,19,22)(H,18,20,24). The average molecular weight is 328 g/mol. The Hall–Kier alpha value is -2.67. The van der Waals surface area contributed by atoms with Gasteiger partial charge in [-0.25, -0.2) is 4.98 Å². The summed E-state index contributed by atoms with van der Waals surface area (Å²) >= 11 is 0. The monoisotopic (exact) mass is 328 g/mol. The second kappa shape index (κ2) is 7.27. The number of nitrogens with one attached hydrogen (secondary N) is 2. The minimum absolute atomic E-state index is 0.00592. The molecule has 0 aromatic carbocycles. The third-order valence-corrected chi connectivity index (χ3v) is 4.22. The van der Waals surface area contributed by atoms with E-state index in [4.69, 9.17) is 0 Å². The van der Waals surface area contributed by atoms with Crippen molar-refractivity contribution in [1.82, 2.24) is 14.9 Å². The second-order valence-corrected chi connectivity index (χ2v) is 5.96. The highest BCUT2D eigenvalue weighted by Crippen LogP contribution is 2.20. The third-order valence-electron chi connectivity index (χ3n) is 4.22. The smallest absolute Gasteiger partial charge is 0.228 e. The van der Waals surface area contributed by atoms with Crippen LogP contribution in [0.2, 0.25) is 0 Å². The van der Waals surface area contributed by atoms with E-state index in [2.05, 4.69) is 20.2 Å². The van der Waals surface area contributed by atoms with Crippen molar-refractivity contribution < 1.29 is 9.90 Å². The number of hydrogen-bond acceptors (Lipinski definition) is 5. The predicted molar refractivity (Wildman–Crippen MR) is 89.6 cm³/mol. The van der Waals surface area contributed by atoms with Gasteiger partial charge in [-0.3, -0.25) is 14.5 Å². The lowest BCUT2D eigenvalue weighted by molar-refractivity contribution is -0.121. The van der Waals surface area contributed by atoms with Crippen LogP contribution in [0.3, 0.4) is 0 Å². The van der Waals surface area contributed by atoms with Crippen LogP contribution < -0.4 is 10.7 Å². The molecule has 0 bridgehead atoms. The van der Waals surface area contributed by atoms with Crippen LogP contribution in [0, 0.1) is 5.92 Å². The first-order valence-electron chi connectivity index (χ1n) is 7.96. The number of amides is 1. The number of hydrogen-bond donors (Lipinski definition) is 3. The van der Waals surface area contributed by atoms with Gasteiger partial charge in [-0.2, -0.15) is 0 Å². The molecule has 7 heteroatoms. The molecule has 24 heavy (non-hydrogen) atoms. The minimum Gasteiger partial charge on any atom is -0.503 e. The van der Waals surface area contributed by atoms with E-state index in [0.717, 1.165) is 31.6 Å². The fourth-order valence-electron chi connectivity index (χ4n) is 2.86. The maximum atomic E-state index is 12.3. The Morgan fingerprint density at radius 2 is 2.17 bits per heavy atom. The summed E-state index contributed by atoms with van der Waals surface area (Å²) in [7, 11) is 0. The molecule has 3 rings (SSSR count). The largest absolute Gasteiger partial charge is 0.503 e. The highest BCUT2D eigenvalue weighted by molar-refractivity contribution is 5.91. The predicted octanol–water partition coefficient (Wildman–Crippen LogP) is 1.33. The normalized spacial score (nSPS) is 16.0. The summed E-state index contributed by atoms with van der Waals surface area (Å²) in [6, 6.07) is 6.83. The number of aromatic amines is 1. The van der Waals surface area contributed by atoms with Crippen LogP contribution in [0.5, 0.6) is 5.75 Å². The van der Waals surface area contributed by atoms with E-state index in [1.807, 2.05) is 12.1 Å². The van der Waals surface area contributed by atoms with Gasteiger partial charge in [0.15, 0.2) is 5.75 Å². The Kier molecular flexibility index (Phi) is 4.90. The van der Waals surface area contributed by atoms with Crippen LogP contribution in [0.4, 0.5) is 5.82 Å². The van der Waals surface area contributed by atoms with Crippen LogP contribution in [0.25, 0.3) is 0 Å². The van der Waals surface area contributed by atoms with Crippen molar-refractivity contribution in [3.05, 3.63) is 52.6 Å². The molecule has 1 aliphatic heterocycles. The molecule has 0 radical (unpaired) electrons. The number of nitrogens with zero attached hydrogens (tertiary/aromatic N) is 2. The molecule has 2 aromatic rings. The average Bonchev–Trinajstić information content (AvgIpc) is 2.60. The topological polar surface area (TPSA) is 98.3 Å². The maximum Gasteiger partial charge on any atom is 0.228 e. The summed E-state index contributed by atoms with van der Waals surface area (Å²) < 4.78 is 0. The Labute approximate surface area is 139 Å². The highest BCUT2D eigenvalue weighted by Gasteiger charge is 2.25. The summed E-state index contributed by atoms with van der Waals surface area (Å²) in [4.78, 5) is 32.9. The van der Waals surface area contributed by atoms with Gasteiger partial charge in [0.2, 0.25) is 11.3 Å². The Balaban J connectivity index is 1.51. The zero-order chi connectivity index (χ0) is 16.9. The molecule has 1 aliphatic rings. The fourth-order valence-corrected chi connectivity index (χ4v) is 2.86. The number of anilines is 1. The third kappa shape index (κ3) is 3.99. The van der Waals surface area contributed by atoms with Crippen molar-refractivity contribution in [2.45, 2.75) is 19.4 Å². The fraction of sp³-hybridized carbons (Fsp3) is 0.353. The molecule has 0 saturated carbocycles. The molecule has 126 valence electrons. The van der Waals surface area contributed by atoms with Crippen molar-refractivity contribution in [1.29, 1.82) is 0 Å². The van der Waals surface area contributed by atoms with E-state index in [0.29, 0.717) is 12.4 Å². The molecule has 0 atom stereocenters. The van der Waals surface area contributed by atoms with E-state index in [-0.39, 0.29) is 23.0 Å². The Morgan fingerprint density at radius 1 is 1.38 bits per heavy atom. The molecule has 3 N–H and O–H groups in total. The van der Waals surface area contributed by atoms with Crippen LogP contribution in [-0.2, 0) is 11.3 Å². The number of aromatic hydroxyl groups is 1. The quantitative estimate of drug-likeness (QED) is 0.786. The SMILES string of the molecule is O=C(Nc1ccccn1)C1CCN(Cc2cc(=O)c(O)c[nH]2)CC1. The summed E-state index contributed by atoms with van der Waals surface area (Å²) in [5.74, 6) is 0.281. The first-order valence-corrected chi connectivity index (χ1v) is 7.96. The number of carbonyl (C=O) groups is 1. The lowest BCUT2D eigenvalue weighted by Gasteiger charge is -2.31. The maximum absolute atomic E-state index is 12.3. The van der Waals surface area contributed by atoms with Crippen molar-refractivity contribution in [3.8, 4) is 5.75 Å². The molecule has 2 aromatic heterocycles. The van der Waals surface area contributed by atoms with E-state index < -0.39 is 0 Å². The molecule has 0 spiro atoms. The van der Waals surface area contributed by atoms with Gasteiger partial charge in [-0.1, -0.05) is 6.07 Å². The zero-order valence-electron chi connectivity index (χ0n) is 13.2. The summed E-state index contributed by atoms with van der Waals surface area (Å²) in [5.41, 5.74) is 0.377. The highest BCUT2D eigenvalue weighted by atomic mass is 16.3. The zero-order valence-corrected chi connectivity index (χ0v) is 13.2. The second-order valence-electron chi connectivity index (χ2n) is 5.96. The molecule has 1 saturated heterocycles. The van der Waals surface area contributed by atoms with Gasteiger partial charge in [0.25, 0.3) is 0 Å². The molecular weight excluding hydrogens is 308 g/mol. The van der Waals surface area contributed by atoms with Crippen molar-refractivity contribution in [2.24, 2.45) is 5.92 Å². The van der Waals surface area contributed by atoms with Crippen LogP contribution in [0.1, 0.15) is 18.5 Å². The molecule has 0 unspecified atom stereocenters. The number of pyridine rings is 2. The van der Waals surface area contributed by atoms with Crippen LogP contribution in [-0.4, -0.2) is 39.0 Å². The lowest BCUT2D eigenvalue weighted by Crippen LogP contribution is -2.38. The summed E-state index contributed by atoms with van der Waals surface area (Å²) in [6.45, 7) is 2.16. The van der Waals surface area contributed by atoms with E-state index in [1.54, 1.807) is 12.3 Å². The number of H-pyrrole nitrogens is 1. The van der Waals surface area contributed by atoms with Crippen LogP contribution in [0.15, 0.2) is 41.5 Å². The van der Waals surface area contributed by atoms with E-state index in [1.165, 1.54) is 12.3 Å². The van der Waals surface area contributed by atoms with Crippen molar-refractivity contribution >= 4 is 11.7 Å². The number of likely N-dealkylation sites (tertiary alicyclic amines) is 1. The minimum atomic E-state index is -0.381. The Morgan fingerprint density at radius 3 is 2.83 bits per heavy atom. The molecule has 1 amide bonds. The van der Waals surface area contributed by atoms with Gasteiger partial charge in [0, 0.05) is 36.6 Å². The van der Waals surface area contributed by atoms with Crippen molar-refractivity contribution in [3.63, 3.8) is 0 Å². The summed E-state index contributed by atoms with van der Waals surface area (Å²) in [6.07, 6.45) is 4.49. The van der Waals surface area contributed by atoms with Gasteiger partial charge in [0.1, 0.15) is 5.82 Å². The molecule has 3 heterocycles. The molecule has 7 nitrogen and oxygen atoms in total. The van der Waals surface area contributed by atoms with Gasteiger partial charge in [0.05, 0.1) is 0 Å². The number of piperidine rings is 1. The summed E-state index contributed by atoms with van der Waals surface area (Å²) in [5, 5.41) is 12.1. The van der Waals surface area contributed by atoms with Crippen LogP contribution >= 0.6 is 0 Å². The Bertz CT molecular complexity index is 752. The van der Waals surface area contributed by atoms with Gasteiger partial charge >= 0.3 is 0 Å². The van der Waals surface area contributed by atoms with Gasteiger partial charge in [-0.15, -0.1) is 0 Å². The van der Waals surface area contributed by atoms with E-state index in [9.17, 15) is 14.7 Å². The van der Waals surface area contributed by atoms with Gasteiger partial charge in [-0.05, 0) is 38.1 Å². The molecular formula is C17H20N4O3. The number of carbonyl (C=O) groups excluding carboxylic acids is 1. The lowest BCUT2D eigenvalue weighted by atomic mass is 9.96. The van der Waals surface area contributed by atoms with Crippen molar-refractivity contribution in [2.75, 3.05) is 18.4 Å². The molecule has 0 aliphatic carbocycles. The van der Waals surface area contributed by atoms with Gasteiger partial charge < -0.3 is 15.4 Å². The van der Waals surface area contributed by atoms with E-state index >= 15 is 0 Å². The number of rotatable bonds is 4.